The quantitative estimate of drug-likeness (QED) is 0.232. The lowest BCUT2D eigenvalue weighted by Crippen LogP contribution is -2.58. The number of rotatable bonds is 5. The molecule has 0 amide bonds. The van der Waals surface area contributed by atoms with E-state index in [9.17, 15) is 20.2 Å². The van der Waals surface area contributed by atoms with E-state index in [4.69, 9.17) is 0 Å². The van der Waals surface area contributed by atoms with E-state index in [-0.39, 0.29) is 0 Å². The highest BCUT2D eigenvalue weighted by Gasteiger charge is 2.68. The highest BCUT2D eigenvalue weighted by atomic mass is 79.9. The molecule has 118 valence electrons. The van der Waals surface area contributed by atoms with E-state index >= 15 is 0 Å². The topological polar surface area (TPSA) is 86.3 Å². The van der Waals surface area contributed by atoms with Gasteiger partial charge in [0.1, 0.15) is 15.8 Å². The van der Waals surface area contributed by atoms with E-state index in [0.29, 0.717) is 22.6 Å². The Balaban J connectivity index is 2.76. The van der Waals surface area contributed by atoms with Gasteiger partial charge in [0.05, 0.1) is 6.08 Å². The second-order valence-electron chi connectivity index (χ2n) is 5.38. The minimum atomic E-state index is -2.36. The lowest BCUT2D eigenvalue weighted by atomic mass is 9.63. The lowest BCUT2D eigenvalue weighted by molar-refractivity contribution is -0.788. The van der Waals surface area contributed by atoms with Crippen LogP contribution in [0.3, 0.4) is 0 Å². The summed E-state index contributed by atoms with van der Waals surface area (Å²) >= 11 is 6.81. The van der Waals surface area contributed by atoms with Crippen LogP contribution in [0.4, 0.5) is 0 Å². The largest absolute Gasteiger partial charge is 0.484 e. The van der Waals surface area contributed by atoms with Crippen molar-refractivity contribution >= 4 is 31.9 Å². The Morgan fingerprint density at radius 2 is 1.64 bits per heavy atom. The van der Waals surface area contributed by atoms with Crippen molar-refractivity contribution in [1.82, 2.24) is 0 Å². The monoisotopic (exact) mass is 432 g/mol. The van der Waals surface area contributed by atoms with Gasteiger partial charge in [0, 0.05) is 16.1 Å². The molecule has 0 saturated heterocycles. The zero-order valence-electron chi connectivity index (χ0n) is 11.5. The molecule has 0 radical (unpaired) electrons. The molecule has 0 heterocycles. The highest BCUT2D eigenvalue weighted by molar-refractivity contribution is 9.09. The first-order valence-corrected chi connectivity index (χ1v) is 8.82. The van der Waals surface area contributed by atoms with Gasteiger partial charge >= 0.3 is 5.66 Å². The van der Waals surface area contributed by atoms with Gasteiger partial charge in [0.2, 0.25) is 0 Å². The van der Waals surface area contributed by atoms with E-state index in [1.165, 1.54) is 0 Å². The summed E-state index contributed by atoms with van der Waals surface area (Å²) in [4.78, 5) is 21.9. The molecular weight excluding hydrogens is 420 g/mol. The lowest BCUT2D eigenvalue weighted by Gasteiger charge is -2.41. The fourth-order valence-corrected chi connectivity index (χ4v) is 5.11. The second kappa shape index (κ2) is 6.45. The molecule has 1 aromatic carbocycles. The van der Waals surface area contributed by atoms with Gasteiger partial charge in [-0.15, -0.1) is 0 Å². The fraction of sp³-hybridized carbons (Fsp3) is 0.429. The van der Waals surface area contributed by atoms with Crippen LogP contribution in [0.1, 0.15) is 17.9 Å². The van der Waals surface area contributed by atoms with E-state index in [0.717, 1.165) is 6.08 Å². The van der Waals surface area contributed by atoms with Crippen LogP contribution in [0.2, 0.25) is 0 Å². The first kappa shape index (κ1) is 17.1. The molecule has 1 aliphatic rings. The average Bonchev–Trinajstić information content (AvgIpc) is 2.54. The van der Waals surface area contributed by atoms with Crippen molar-refractivity contribution in [3.05, 3.63) is 68.3 Å². The summed E-state index contributed by atoms with van der Waals surface area (Å²) in [5.74, 6) is -0.880. The molecule has 0 fully saturated rings. The third-order valence-corrected chi connectivity index (χ3v) is 6.41. The van der Waals surface area contributed by atoms with Crippen LogP contribution in [-0.2, 0) is 0 Å². The minimum absolute atomic E-state index is 0.415. The number of halogens is 2. The van der Waals surface area contributed by atoms with Gasteiger partial charge in [-0.2, -0.15) is 0 Å². The van der Waals surface area contributed by atoms with Crippen molar-refractivity contribution in [1.29, 1.82) is 0 Å². The predicted molar refractivity (Wildman–Crippen MR) is 89.7 cm³/mol. The van der Waals surface area contributed by atoms with E-state index in [1.807, 2.05) is 0 Å². The summed E-state index contributed by atoms with van der Waals surface area (Å²) in [5.41, 5.74) is -2.42. The van der Waals surface area contributed by atoms with Crippen LogP contribution in [0.5, 0.6) is 0 Å². The van der Waals surface area contributed by atoms with Crippen molar-refractivity contribution in [3.8, 4) is 0 Å². The first-order valence-electron chi connectivity index (χ1n) is 6.58. The third-order valence-electron chi connectivity index (χ3n) is 4.17. The Bertz CT molecular complexity index is 588. The van der Waals surface area contributed by atoms with Gasteiger partial charge in [-0.25, -0.2) is 0 Å². The average molecular weight is 434 g/mol. The summed E-state index contributed by atoms with van der Waals surface area (Å²) in [6.45, 7) is 0. The number of alkyl halides is 2. The number of nitro groups is 2. The standard InChI is InChI=1S/C14H14Br2N2O4/c15-9-13(10-16)7-4-8-14(17(19)20,18(21)22)12(13)11-5-2-1-3-6-11/h1-6,8,12H,7,9-10H2/t12-/m1/s1. The van der Waals surface area contributed by atoms with Crippen LogP contribution >= 0.6 is 31.9 Å². The highest BCUT2D eigenvalue weighted by Crippen LogP contribution is 2.52. The van der Waals surface area contributed by atoms with Crippen LogP contribution in [0.15, 0.2) is 42.5 Å². The zero-order chi connectivity index (χ0) is 16.4. The van der Waals surface area contributed by atoms with E-state index in [2.05, 4.69) is 31.9 Å². The van der Waals surface area contributed by atoms with Crippen LogP contribution in [0.25, 0.3) is 0 Å². The molecular formula is C14H14Br2N2O4. The Morgan fingerprint density at radius 1 is 1.09 bits per heavy atom. The van der Waals surface area contributed by atoms with Gasteiger partial charge in [-0.3, -0.25) is 20.2 Å². The molecule has 0 bridgehead atoms. The number of hydrogen-bond acceptors (Lipinski definition) is 4. The number of allylic oxidation sites excluding steroid dienone is 1. The smallest absolute Gasteiger partial charge is 0.258 e. The van der Waals surface area contributed by atoms with E-state index < -0.39 is 26.8 Å². The summed E-state index contributed by atoms with van der Waals surface area (Å²) < 4.78 is 0. The molecule has 1 aromatic rings. The van der Waals surface area contributed by atoms with Crippen molar-refractivity contribution in [3.63, 3.8) is 0 Å². The van der Waals surface area contributed by atoms with Crippen molar-refractivity contribution in [2.24, 2.45) is 5.41 Å². The Kier molecular flexibility index (Phi) is 5.01. The SMILES string of the molecule is O=[N+]([O-])C1([N+](=O)[O-])C=CCC(CBr)(CBr)[C@H]1c1ccccc1. The summed E-state index contributed by atoms with van der Waals surface area (Å²) in [5, 5.41) is 24.2. The zero-order valence-corrected chi connectivity index (χ0v) is 14.7. The summed E-state index contributed by atoms with van der Waals surface area (Å²) in [7, 11) is 0. The minimum Gasteiger partial charge on any atom is -0.258 e. The van der Waals surface area contributed by atoms with Crippen LogP contribution in [0, 0.1) is 25.6 Å². The molecule has 6 nitrogen and oxygen atoms in total. The Hall–Kier alpha value is -1.28. The van der Waals surface area contributed by atoms with Gasteiger partial charge in [0.15, 0.2) is 0 Å². The fourth-order valence-electron chi connectivity index (χ4n) is 3.07. The summed E-state index contributed by atoms with van der Waals surface area (Å²) in [6.07, 6.45) is 3.20. The molecule has 0 saturated carbocycles. The molecule has 0 N–H and O–H groups in total. The normalized spacial score (nSPS) is 22.2. The molecule has 0 spiro atoms. The molecule has 0 unspecified atom stereocenters. The van der Waals surface area contributed by atoms with Crippen LogP contribution < -0.4 is 0 Å². The van der Waals surface area contributed by atoms with Crippen molar-refractivity contribution in [2.75, 3.05) is 10.7 Å². The molecule has 0 aliphatic heterocycles. The van der Waals surface area contributed by atoms with Gasteiger partial charge in [-0.1, -0.05) is 68.3 Å². The van der Waals surface area contributed by atoms with Gasteiger partial charge < -0.3 is 0 Å². The molecule has 1 aliphatic carbocycles. The third kappa shape index (κ3) is 2.48. The Morgan fingerprint density at radius 3 is 2.09 bits per heavy atom. The van der Waals surface area contributed by atoms with Crippen molar-refractivity contribution < 1.29 is 9.85 Å². The molecule has 8 heteroatoms. The summed E-state index contributed by atoms with van der Waals surface area (Å²) in [6, 6.07) is 8.69. The maximum atomic E-state index is 11.7. The second-order valence-corrected chi connectivity index (χ2v) is 6.50. The first-order chi connectivity index (χ1) is 10.4. The number of nitrogens with zero attached hydrogens (tertiary/aromatic N) is 2. The maximum absolute atomic E-state index is 11.7. The molecule has 2 rings (SSSR count). The van der Waals surface area contributed by atoms with Gasteiger partial charge in [-0.05, 0) is 12.0 Å². The number of benzene rings is 1. The molecule has 0 aromatic heterocycles. The molecule has 1 atom stereocenters. The molecule has 22 heavy (non-hydrogen) atoms. The van der Waals surface area contributed by atoms with E-state index in [1.54, 1.807) is 36.4 Å². The number of hydrogen-bond donors (Lipinski definition) is 0. The Labute approximate surface area is 144 Å². The van der Waals surface area contributed by atoms with Crippen LogP contribution in [-0.4, -0.2) is 26.2 Å². The predicted octanol–water partition coefficient (Wildman–Crippen LogP) is 3.76. The van der Waals surface area contributed by atoms with Gasteiger partial charge in [0.25, 0.3) is 0 Å². The maximum Gasteiger partial charge on any atom is 0.484 e. The van der Waals surface area contributed by atoms with Crippen molar-refractivity contribution in [2.45, 2.75) is 18.0 Å².